The molecule has 1 atom stereocenters. The highest BCUT2D eigenvalue weighted by atomic mass is 19.4. The zero-order valence-electron chi connectivity index (χ0n) is 21.2. The Morgan fingerprint density at radius 1 is 1.14 bits per heavy atom. The third-order valence-corrected chi connectivity index (χ3v) is 5.60. The van der Waals surface area contributed by atoms with E-state index in [4.69, 9.17) is 0 Å². The Bertz CT molecular complexity index is 1150. The molecule has 0 bridgehead atoms. The maximum atomic E-state index is 13.8. The number of hydrogen-bond acceptors (Lipinski definition) is 4. The van der Waals surface area contributed by atoms with Crippen LogP contribution in [0.15, 0.2) is 48.7 Å². The Morgan fingerprint density at radius 2 is 1.81 bits per heavy atom. The number of aldehydes is 1. The molecule has 0 amide bonds. The average molecular weight is 505 g/mol. The number of nitrogens with one attached hydrogen (secondary N) is 1. The van der Waals surface area contributed by atoms with Crippen molar-refractivity contribution in [3.63, 3.8) is 0 Å². The van der Waals surface area contributed by atoms with Gasteiger partial charge in [0.15, 0.2) is 0 Å². The molecule has 0 spiro atoms. The van der Waals surface area contributed by atoms with E-state index in [-0.39, 0.29) is 19.3 Å². The molecule has 3 rings (SSSR count). The zero-order chi connectivity index (χ0) is 26.9. The number of aromatic nitrogens is 3. The summed E-state index contributed by atoms with van der Waals surface area (Å²) in [5.74, 6) is -1.45. The summed E-state index contributed by atoms with van der Waals surface area (Å²) in [6, 6.07) is 8.59. The van der Waals surface area contributed by atoms with Crippen LogP contribution in [0.25, 0.3) is 11.4 Å². The molecule has 9 heteroatoms. The van der Waals surface area contributed by atoms with Gasteiger partial charge in [-0.1, -0.05) is 26.0 Å². The lowest BCUT2D eigenvalue weighted by molar-refractivity contribution is -0.162. The average Bonchev–Trinajstić information content (AvgIpc) is 3.23. The number of aromatic amines is 1. The fourth-order valence-corrected chi connectivity index (χ4v) is 3.74. The lowest BCUT2D eigenvalue weighted by Crippen LogP contribution is -2.21. The first kappa shape index (κ1) is 28.7. The maximum Gasteiger partial charge on any atom is 0.395 e. The molecule has 1 aromatic carbocycles. The molecule has 3 aromatic rings. The molecule has 2 heterocycles. The van der Waals surface area contributed by atoms with E-state index in [0.717, 1.165) is 23.1 Å². The molecule has 0 saturated heterocycles. The second kappa shape index (κ2) is 13.0. The van der Waals surface area contributed by atoms with Crippen LogP contribution in [0.2, 0.25) is 0 Å². The van der Waals surface area contributed by atoms with E-state index in [1.54, 1.807) is 25.8 Å². The van der Waals surface area contributed by atoms with Gasteiger partial charge in [-0.15, -0.1) is 0 Å². The normalized spacial score (nSPS) is 12.2. The van der Waals surface area contributed by atoms with Crippen LogP contribution in [0.3, 0.4) is 0 Å². The first-order valence-corrected chi connectivity index (χ1v) is 11.8. The first-order chi connectivity index (χ1) is 17.1. The van der Waals surface area contributed by atoms with Crippen molar-refractivity contribution in [2.24, 2.45) is 5.92 Å². The molecule has 0 aliphatic rings. The standard InChI is InChI=1S/C25H26F4N4O.C2H6/c1-4-5-18(25(27,28)29)8-11-21-16(2)31-24(32-21)17-6-9-20(10-7-17)33(3)23-14-19(26)15-30-22(23)12-13-34;1-2/h4-7,9-10,13-15,18H,8,11-12H2,1-3H3,(H,31,32);1-2H3/b5-4-;. The Kier molecular flexibility index (Phi) is 10.4. The molecule has 5 nitrogen and oxygen atoms in total. The second-order valence-corrected chi connectivity index (χ2v) is 7.97. The van der Waals surface area contributed by atoms with Crippen LogP contribution >= 0.6 is 0 Å². The SMILES string of the molecule is C/C=C\C(CCc1nc(-c2ccc(N(C)c3cc(F)cnc3CC=O)cc2)[nH]c1C)C(F)(F)F.CC. The fraction of sp³-hybridized carbons (Fsp3) is 0.370. The highest BCUT2D eigenvalue weighted by molar-refractivity contribution is 5.70. The topological polar surface area (TPSA) is 61.9 Å². The minimum atomic E-state index is -4.29. The molecule has 0 aliphatic carbocycles. The van der Waals surface area contributed by atoms with Gasteiger partial charge < -0.3 is 14.7 Å². The van der Waals surface area contributed by atoms with Gasteiger partial charge in [-0.3, -0.25) is 4.98 Å². The van der Waals surface area contributed by atoms with Crippen molar-refractivity contribution in [2.75, 3.05) is 11.9 Å². The summed E-state index contributed by atoms with van der Waals surface area (Å²) in [4.78, 5) is 24.4. The number of benzene rings is 1. The minimum Gasteiger partial charge on any atom is -0.343 e. The molecule has 2 aromatic heterocycles. The van der Waals surface area contributed by atoms with Crippen LogP contribution in [-0.4, -0.2) is 34.5 Å². The van der Waals surface area contributed by atoms with Crippen LogP contribution in [0.5, 0.6) is 0 Å². The van der Waals surface area contributed by atoms with E-state index in [1.807, 2.05) is 38.1 Å². The highest BCUT2D eigenvalue weighted by Gasteiger charge is 2.37. The van der Waals surface area contributed by atoms with E-state index in [1.165, 1.54) is 18.2 Å². The quantitative estimate of drug-likeness (QED) is 0.191. The molecule has 0 saturated carbocycles. The molecule has 194 valence electrons. The summed E-state index contributed by atoms with van der Waals surface area (Å²) in [6.45, 7) is 7.36. The van der Waals surface area contributed by atoms with E-state index >= 15 is 0 Å². The lowest BCUT2D eigenvalue weighted by atomic mass is 10.0. The number of carbonyl (C=O) groups is 1. The largest absolute Gasteiger partial charge is 0.395 e. The predicted octanol–water partition coefficient (Wildman–Crippen LogP) is 7.14. The van der Waals surface area contributed by atoms with Crippen LogP contribution in [0, 0.1) is 18.7 Å². The summed E-state index contributed by atoms with van der Waals surface area (Å²) in [5.41, 5.74) is 3.77. The number of aryl methyl sites for hydroxylation is 2. The monoisotopic (exact) mass is 504 g/mol. The molecule has 1 N–H and O–H groups in total. The van der Waals surface area contributed by atoms with Crippen molar-refractivity contribution < 1.29 is 22.4 Å². The van der Waals surface area contributed by atoms with Crippen LogP contribution in [0.4, 0.5) is 28.9 Å². The van der Waals surface area contributed by atoms with Gasteiger partial charge in [-0.2, -0.15) is 13.2 Å². The first-order valence-electron chi connectivity index (χ1n) is 11.8. The van der Waals surface area contributed by atoms with Crippen molar-refractivity contribution in [3.05, 3.63) is 71.6 Å². The third kappa shape index (κ3) is 7.26. The number of H-pyrrole nitrogens is 1. The van der Waals surface area contributed by atoms with E-state index in [0.29, 0.717) is 29.2 Å². The van der Waals surface area contributed by atoms with Crippen LogP contribution < -0.4 is 4.90 Å². The Labute approximate surface area is 209 Å². The van der Waals surface area contributed by atoms with Gasteiger partial charge in [-0.25, -0.2) is 9.37 Å². The van der Waals surface area contributed by atoms with Crippen LogP contribution in [0.1, 0.15) is 44.3 Å². The van der Waals surface area contributed by atoms with Crippen molar-refractivity contribution in [3.8, 4) is 11.4 Å². The van der Waals surface area contributed by atoms with E-state index in [9.17, 15) is 22.4 Å². The van der Waals surface area contributed by atoms with E-state index < -0.39 is 17.9 Å². The Balaban J connectivity index is 0.00000222. The Morgan fingerprint density at radius 3 is 2.39 bits per heavy atom. The summed E-state index contributed by atoms with van der Waals surface area (Å²) < 4.78 is 53.3. The van der Waals surface area contributed by atoms with Gasteiger partial charge in [0.1, 0.15) is 17.9 Å². The number of alkyl halides is 3. The molecular weight excluding hydrogens is 472 g/mol. The number of carbonyl (C=O) groups excluding carboxylic acids is 1. The van der Waals surface area contributed by atoms with Gasteiger partial charge in [0.25, 0.3) is 0 Å². The minimum absolute atomic E-state index is 0.0652. The molecule has 36 heavy (non-hydrogen) atoms. The third-order valence-electron chi connectivity index (χ3n) is 5.60. The summed E-state index contributed by atoms with van der Waals surface area (Å²) >= 11 is 0. The van der Waals surface area contributed by atoms with Gasteiger partial charge >= 0.3 is 6.18 Å². The van der Waals surface area contributed by atoms with Crippen molar-refractivity contribution >= 4 is 17.7 Å². The van der Waals surface area contributed by atoms with Gasteiger partial charge in [0, 0.05) is 36.5 Å². The maximum absolute atomic E-state index is 13.8. The number of nitrogens with zero attached hydrogens (tertiary/aromatic N) is 3. The van der Waals surface area contributed by atoms with E-state index in [2.05, 4.69) is 15.0 Å². The predicted molar refractivity (Wildman–Crippen MR) is 135 cm³/mol. The van der Waals surface area contributed by atoms with Gasteiger partial charge in [0.05, 0.1) is 29.2 Å². The number of imidazole rings is 1. The number of rotatable bonds is 9. The van der Waals surface area contributed by atoms with Gasteiger partial charge in [0.2, 0.25) is 0 Å². The number of halogens is 4. The van der Waals surface area contributed by atoms with Crippen molar-refractivity contribution in [2.45, 2.75) is 53.1 Å². The number of anilines is 2. The molecule has 1 unspecified atom stereocenters. The Hall–Kier alpha value is -3.49. The summed E-state index contributed by atoms with van der Waals surface area (Å²) in [6.07, 6.45) is 0.282. The number of allylic oxidation sites excluding steroid dienone is 2. The molecule has 0 aliphatic heterocycles. The summed E-state index contributed by atoms with van der Waals surface area (Å²) in [7, 11) is 1.75. The second-order valence-electron chi connectivity index (χ2n) is 7.97. The summed E-state index contributed by atoms with van der Waals surface area (Å²) in [5, 5.41) is 0. The highest BCUT2D eigenvalue weighted by Crippen LogP contribution is 2.32. The van der Waals surface area contributed by atoms with Gasteiger partial charge in [-0.05, 0) is 51.0 Å². The van der Waals surface area contributed by atoms with Crippen LogP contribution in [-0.2, 0) is 17.6 Å². The smallest absolute Gasteiger partial charge is 0.343 e. The van der Waals surface area contributed by atoms with Crippen molar-refractivity contribution in [1.29, 1.82) is 0 Å². The number of pyridine rings is 1. The lowest BCUT2D eigenvalue weighted by Gasteiger charge is -2.21. The van der Waals surface area contributed by atoms with Crippen molar-refractivity contribution in [1.82, 2.24) is 15.0 Å². The fourth-order valence-electron chi connectivity index (χ4n) is 3.74. The molecular formula is C27H32F4N4O. The number of hydrogen-bond donors (Lipinski definition) is 1. The zero-order valence-corrected chi connectivity index (χ0v) is 21.2. The molecule has 0 fully saturated rings. The molecule has 0 radical (unpaired) electrons.